The Bertz CT molecular complexity index is 295. The molecule has 112 valence electrons. The Kier molecular flexibility index (Phi) is 6.27. The Labute approximate surface area is 118 Å². The van der Waals surface area contributed by atoms with Crippen LogP contribution >= 0.6 is 0 Å². The fourth-order valence-corrected chi connectivity index (χ4v) is 3.17. The Morgan fingerprint density at radius 2 is 2.05 bits per heavy atom. The van der Waals surface area contributed by atoms with Crippen molar-refractivity contribution in [2.75, 3.05) is 20.6 Å². The molecule has 0 aromatic heterocycles. The zero-order chi connectivity index (χ0) is 14.5. The maximum absolute atomic E-state index is 11.4. The molecule has 4 heteroatoms. The van der Waals surface area contributed by atoms with Gasteiger partial charge in [0.1, 0.15) is 0 Å². The average molecular weight is 269 g/mol. The van der Waals surface area contributed by atoms with Crippen molar-refractivity contribution in [2.24, 2.45) is 11.7 Å². The number of likely N-dealkylation sites (N-methyl/N-ethyl adjacent to an activating group) is 1. The summed E-state index contributed by atoms with van der Waals surface area (Å²) >= 11 is 0. The van der Waals surface area contributed by atoms with Gasteiger partial charge in [-0.15, -0.1) is 0 Å². The van der Waals surface area contributed by atoms with E-state index >= 15 is 0 Å². The zero-order valence-electron chi connectivity index (χ0n) is 13.0. The molecule has 3 unspecified atom stereocenters. The Balaban J connectivity index is 2.37. The molecule has 0 saturated heterocycles. The van der Waals surface area contributed by atoms with Crippen LogP contribution in [0.2, 0.25) is 0 Å². The van der Waals surface area contributed by atoms with Gasteiger partial charge in [0.2, 0.25) is 5.91 Å². The minimum atomic E-state index is -0.570. The van der Waals surface area contributed by atoms with Crippen LogP contribution in [-0.2, 0) is 4.79 Å². The van der Waals surface area contributed by atoms with Crippen LogP contribution in [0.1, 0.15) is 52.4 Å². The second kappa shape index (κ2) is 7.25. The molecule has 1 amide bonds. The molecule has 19 heavy (non-hydrogen) atoms. The second-order valence-corrected chi connectivity index (χ2v) is 6.36. The Hall–Kier alpha value is -0.610. The zero-order valence-corrected chi connectivity index (χ0v) is 13.0. The van der Waals surface area contributed by atoms with Gasteiger partial charge in [-0.1, -0.05) is 19.8 Å². The number of nitrogens with one attached hydrogen (secondary N) is 1. The van der Waals surface area contributed by atoms with Crippen molar-refractivity contribution in [1.82, 2.24) is 10.2 Å². The second-order valence-electron chi connectivity index (χ2n) is 6.36. The highest BCUT2D eigenvalue weighted by Gasteiger charge is 2.29. The first-order chi connectivity index (χ1) is 8.90. The molecule has 0 radical (unpaired) electrons. The van der Waals surface area contributed by atoms with E-state index in [0.29, 0.717) is 6.04 Å². The van der Waals surface area contributed by atoms with E-state index in [9.17, 15) is 4.79 Å². The van der Waals surface area contributed by atoms with Gasteiger partial charge in [-0.3, -0.25) is 4.79 Å². The van der Waals surface area contributed by atoms with Gasteiger partial charge in [-0.05, 0) is 59.2 Å². The van der Waals surface area contributed by atoms with E-state index in [1.807, 2.05) is 6.92 Å². The monoisotopic (exact) mass is 269 g/mol. The van der Waals surface area contributed by atoms with Gasteiger partial charge in [0, 0.05) is 6.04 Å². The number of hydrogen-bond acceptors (Lipinski definition) is 3. The van der Waals surface area contributed by atoms with Crippen molar-refractivity contribution in [3.05, 3.63) is 0 Å². The van der Waals surface area contributed by atoms with Crippen LogP contribution in [0.3, 0.4) is 0 Å². The number of carbonyl (C=O) groups is 1. The Morgan fingerprint density at radius 1 is 1.42 bits per heavy atom. The van der Waals surface area contributed by atoms with Crippen molar-refractivity contribution >= 4 is 5.91 Å². The molecule has 0 aromatic carbocycles. The van der Waals surface area contributed by atoms with Gasteiger partial charge >= 0.3 is 0 Å². The van der Waals surface area contributed by atoms with Crippen LogP contribution in [0.4, 0.5) is 0 Å². The van der Waals surface area contributed by atoms with Crippen molar-refractivity contribution in [1.29, 1.82) is 0 Å². The van der Waals surface area contributed by atoms with Crippen molar-refractivity contribution in [3.63, 3.8) is 0 Å². The normalized spacial score (nSPS) is 27.2. The topological polar surface area (TPSA) is 58.4 Å². The maximum Gasteiger partial charge on any atom is 0.237 e. The minimum absolute atomic E-state index is 0.260. The summed E-state index contributed by atoms with van der Waals surface area (Å²) in [6.45, 7) is 5.29. The molecule has 0 bridgehead atoms. The van der Waals surface area contributed by atoms with Gasteiger partial charge < -0.3 is 16.0 Å². The van der Waals surface area contributed by atoms with Crippen molar-refractivity contribution < 1.29 is 4.79 Å². The van der Waals surface area contributed by atoms with Crippen LogP contribution in [0, 0.1) is 5.92 Å². The Morgan fingerprint density at radius 3 is 2.58 bits per heavy atom. The summed E-state index contributed by atoms with van der Waals surface area (Å²) in [5.74, 6) is 0.536. The molecular weight excluding hydrogens is 238 g/mol. The quantitative estimate of drug-likeness (QED) is 0.740. The van der Waals surface area contributed by atoms with Gasteiger partial charge in [-0.25, -0.2) is 0 Å². The van der Waals surface area contributed by atoms with Crippen molar-refractivity contribution in [2.45, 2.75) is 64.0 Å². The van der Waals surface area contributed by atoms with E-state index in [-0.39, 0.29) is 5.91 Å². The maximum atomic E-state index is 11.4. The van der Waals surface area contributed by atoms with Crippen LogP contribution in [0.25, 0.3) is 0 Å². The molecule has 0 aliphatic heterocycles. The van der Waals surface area contributed by atoms with E-state index in [0.717, 1.165) is 25.3 Å². The molecular formula is C15H31N3O. The summed E-state index contributed by atoms with van der Waals surface area (Å²) < 4.78 is 0. The molecule has 3 N–H and O–H groups in total. The fraction of sp³-hybridized carbons (Fsp3) is 0.933. The number of primary amides is 1. The highest BCUT2D eigenvalue weighted by atomic mass is 16.1. The molecule has 3 atom stereocenters. The summed E-state index contributed by atoms with van der Waals surface area (Å²) in [5, 5.41) is 3.05. The van der Waals surface area contributed by atoms with Gasteiger partial charge in [0.25, 0.3) is 0 Å². The molecule has 1 aliphatic carbocycles. The molecule has 1 aliphatic rings. The summed E-state index contributed by atoms with van der Waals surface area (Å²) in [6.07, 6.45) is 7.20. The van der Waals surface area contributed by atoms with Crippen molar-refractivity contribution in [3.8, 4) is 0 Å². The number of nitrogens with zero attached hydrogens (tertiary/aromatic N) is 1. The predicted molar refractivity (Wildman–Crippen MR) is 79.9 cm³/mol. The number of hydrogen-bond donors (Lipinski definition) is 2. The van der Waals surface area contributed by atoms with Gasteiger partial charge in [-0.2, -0.15) is 0 Å². The third kappa shape index (κ3) is 4.46. The standard InChI is InChI=1S/C15H31N3O/c1-12-8-5-6-9-13(12)18(4)11-7-10-15(2,17-3)14(16)19/h12-13,17H,5-11H2,1-4H3,(H2,16,19). The lowest BCUT2D eigenvalue weighted by Gasteiger charge is -2.37. The van der Waals surface area contributed by atoms with Crippen LogP contribution in [0.15, 0.2) is 0 Å². The third-order valence-corrected chi connectivity index (χ3v) is 4.92. The van der Waals surface area contributed by atoms with E-state index in [1.165, 1.54) is 25.7 Å². The lowest BCUT2D eigenvalue weighted by Crippen LogP contribution is -2.51. The van der Waals surface area contributed by atoms with E-state index in [2.05, 4.69) is 24.2 Å². The number of nitrogens with two attached hydrogens (primary N) is 1. The first-order valence-corrected chi connectivity index (χ1v) is 7.60. The predicted octanol–water partition coefficient (Wildman–Crippen LogP) is 1.74. The van der Waals surface area contributed by atoms with Crippen LogP contribution in [-0.4, -0.2) is 43.0 Å². The smallest absolute Gasteiger partial charge is 0.237 e. The fourth-order valence-electron chi connectivity index (χ4n) is 3.17. The first-order valence-electron chi connectivity index (χ1n) is 7.60. The lowest BCUT2D eigenvalue weighted by molar-refractivity contribution is -0.123. The lowest BCUT2D eigenvalue weighted by atomic mass is 9.85. The minimum Gasteiger partial charge on any atom is -0.368 e. The van der Waals surface area contributed by atoms with E-state index < -0.39 is 5.54 Å². The highest BCUT2D eigenvalue weighted by Crippen LogP contribution is 2.27. The molecule has 0 heterocycles. The molecule has 1 rings (SSSR count). The first kappa shape index (κ1) is 16.4. The summed E-state index contributed by atoms with van der Waals surface area (Å²) in [6, 6.07) is 0.711. The molecule has 4 nitrogen and oxygen atoms in total. The molecule has 0 spiro atoms. The van der Waals surface area contributed by atoms with Gasteiger partial charge in [0.05, 0.1) is 5.54 Å². The van der Waals surface area contributed by atoms with Gasteiger partial charge in [0.15, 0.2) is 0 Å². The average Bonchev–Trinajstić information content (AvgIpc) is 2.38. The highest BCUT2D eigenvalue weighted by molar-refractivity contribution is 5.84. The molecule has 1 saturated carbocycles. The SMILES string of the molecule is CNC(C)(CCCN(C)C1CCCCC1C)C(N)=O. The molecule has 0 aromatic rings. The summed E-state index contributed by atoms with van der Waals surface area (Å²) in [7, 11) is 4.02. The summed E-state index contributed by atoms with van der Waals surface area (Å²) in [4.78, 5) is 13.9. The van der Waals surface area contributed by atoms with Crippen LogP contribution < -0.4 is 11.1 Å². The third-order valence-electron chi connectivity index (χ3n) is 4.92. The summed E-state index contributed by atoms with van der Waals surface area (Å²) in [5.41, 5.74) is 4.88. The van der Waals surface area contributed by atoms with E-state index in [4.69, 9.17) is 5.73 Å². The molecule has 1 fully saturated rings. The number of rotatable bonds is 7. The van der Waals surface area contributed by atoms with Crippen LogP contribution in [0.5, 0.6) is 0 Å². The number of amides is 1. The largest absolute Gasteiger partial charge is 0.368 e. The van der Waals surface area contributed by atoms with E-state index in [1.54, 1.807) is 7.05 Å². The number of carbonyl (C=O) groups excluding carboxylic acids is 1.